The predicted molar refractivity (Wildman–Crippen MR) is 136 cm³/mol. The van der Waals surface area contributed by atoms with Crippen molar-refractivity contribution >= 4 is 23.4 Å². The standard InChI is InChI=1S/C26H31N3O5S/c1-5-31-21-15-19(16-22(32-6-2)23(21)33-7-3)24-27-28-26(34-24)35-17(4)25(30)29-14-10-12-18-11-8-9-13-20(18)29/h8-9,11,13,15-17H,5-7,10,12,14H2,1-4H3/t17-/m0/s1. The van der Waals surface area contributed by atoms with E-state index in [4.69, 9.17) is 18.6 Å². The maximum absolute atomic E-state index is 13.2. The van der Waals surface area contributed by atoms with Crippen LogP contribution in [0.3, 0.4) is 0 Å². The SMILES string of the molecule is CCOc1cc(-c2nnc(S[C@@H](C)C(=O)N3CCCc4ccccc43)o2)cc(OCC)c1OCC. The molecule has 2 heterocycles. The Balaban J connectivity index is 1.54. The smallest absolute Gasteiger partial charge is 0.277 e. The van der Waals surface area contributed by atoms with Crippen LogP contribution in [0, 0.1) is 0 Å². The molecule has 9 heteroatoms. The van der Waals surface area contributed by atoms with Crippen LogP contribution in [0.25, 0.3) is 11.5 Å². The second kappa shape index (κ2) is 11.5. The van der Waals surface area contributed by atoms with Crippen molar-refractivity contribution < 1.29 is 23.4 Å². The fourth-order valence-electron chi connectivity index (χ4n) is 4.07. The number of anilines is 1. The summed E-state index contributed by atoms with van der Waals surface area (Å²) in [5, 5.41) is 8.34. The molecule has 0 saturated heterocycles. The maximum Gasteiger partial charge on any atom is 0.277 e. The van der Waals surface area contributed by atoms with E-state index in [0.29, 0.717) is 60.3 Å². The average Bonchev–Trinajstić information content (AvgIpc) is 3.33. The largest absolute Gasteiger partial charge is 0.490 e. The molecule has 1 aromatic heterocycles. The first kappa shape index (κ1) is 24.9. The van der Waals surface area contributed by atoms with Gasteiger partial charge >= 0.3 is 0 Å². The highest BCUT2D eigenvalue weighted by atomic mass is 32.2. The van der Waals surface area contributed by atoms with Crippen molar-refractivity contribution in [2.45, 2.75) is 51.0 Å². The molecular formula is C26H31N3O5S. The highest BCUT2D eigenvalue weighted by Crippen LogP contribution is 2.42. The number of fused-ring (bicyclic) bond motifs is 1. The second-order valence-corrected chi connectivity index (χ2v) is 9.25. The summed E-state index contributed by atoms with van der Waals surface area (Å²) in [6.45, 7) is 9.72. The monoisotopic (exact) mass is 497 g/mol. The molecule has 4 rings (SSSR count). The fraction of sp³-hybridized carbons (Fsp3) is 0.423. The van der Waals surface area contributed by atoms with E-state index in [1.807, 2.05) is 50.8 Å². The third-order valence-electron chi connectivity index (χ3n) is 5.56. The van der Waals surface area contributed by atoms with Crippen LogP contribution in [0.4, 0.5) is 5.69 Å². The summed E-state index contributed by atoms with van der Waals surface area (Å²) in [6.07, 6.45) is 1.94. The lowest BCUT2D eigenvalue weighted by atomic mass is 10.0. The van der Waals surface area contributed by atoms with Gasteiger partial charge in [-0.05, 0) is 64.3 Å². The van der Waals surface area contributed by atoms with Crippen molar-refractivity contribution in [3.63, 3.8) is 0 Å². The topological polar surface area (TPSA) is 86.9 Å². The zero-order valence-corrected chi connectivity index (χ0v) is 21.4. The lowest BCUT2D eigenvalue weighted by Gasteiger charge is -2.31. The highest BCUT2D eigenvalue weighted by molar-refractivity contribution is 8.00. The van der Waals surface area contributed by atoms with Gasteiger partial charge in [0.15, 0.2) is 11.5 Å². The van der Waals surface area contributed by atoms with Crippen molar-refractivity contribution in [3.05, 3.63) is 42.0 Å². The Morgan fingerprint density at radius 1 is 1.06 bits per heavy atom. The number of aromatic nitrogens is 2. The number of ether oxygens (including phenoxy) is 3. The zero-order chi connectivity index (χ0) is 24.8. The lowest BCUT2D eigenvalue weighted by Crippen LogP contribution is -2.40. The summed E-state index contributed by atoms with van der Waals surface area (Å²) in [5.41, 5.74) is 2.85. The number of aryl methyl sites for hydroxylation is 1. The predicted octanol–water partition coefficient (Wildman–Crippen LogP) is 5.39. The van der Waals surface area contributed by atoms with Crippen LogP contribution in [0.15, 0.2) is 46.0 Å². The Hall–Kier alpha value is -3.20. The zero-order valence-electron chi connectivity index (χ0n) is 20.6. The third kappa shape index (κ3) is 5.56. The van der Waals surface area contributed by atoms with Gasteiger partial charge in [0.2, 0.25) is 17.5 Å². The van der Waals surface area contributed by atoms with Gasteiger partial charge in [0.25, 0.3) is 5.22 Å². The minimum absolute atomic E-state index is 0.0280. The first-order chi connectivity index (χ1) is 17.0. The average molecular weight is 498 g/mol. The van der Waals surface area contributed by atoms with E-state index in [2.05, 4.69) is 16.3 Å². The van der Waals surface area contributed by atoms with Gasteiger partial charge in [-0.15, -0.1) is 10.2 Å². The minimum Gasteiger partial charge on any atom is -0.490 e. The normalized spacial score (nSPS) is 13.8. The summed E-state index contributed by atoms with van der Waals surface area (Å²) in [7, 11) is 0. The van der Waals surface area contributed by atoms with Crippen LogP contribution >= 0.6 is 11.8 Å². The van der Waals surface area contributed by atoms with Gasteiger partial charge in [-0.2, -0.15) is 0 Å². The van der Waals surface area contributed by atoms with Gasteiger partial charge in [0.05, 0.1) is 25.1 Å². The number of carbonyl (C=O) groups is 1. The van der Waals surface area contributed by atoms with Crippen molar-refractivity contribution in [2.75, 3.05) is 31.3 Å². The van der Waals surface area contributed by atoms with Gasteiger partial charge in [-0.1, -0.05) is 30.0 Å². The first-order valence-electron chi connectivity index (χ1n) is 12.0. The van der Waals surface area contributed by atoms with E-state index in [1.165, 1.54) is 17.3 Å². The molecule has 0 N–H and O–H groups in total. The number of benzene rings is 2. The molecule has 186 valence electrons. The lowest BCUT2D eigenvalue weighted by molar-refractivity contribution is -0.117. The first-order valence-corrected chi connectivity index (χ1v) is 12.9. The molecule has 0 fully saturated rings. The van der Waals surface area contributed by atoms with E-state index in [0.717, 1.165) is 18.5 Å². The number of hydrogen-bond donors (Lipinski definition) is 0. The Morgan fingerprint density at radius 2 is 1.74 bits per heavy atom. The maximum atomic E-state index is 13.2. The number of nitrogens with zero attached hydrogens (tertiary/aromatic N) is 3. The molecule has 1 aliphatic rings. The minimum atomic E-state index is -0.382. The Labute approximate surface area is 210 Å². The van der Waals surface area contributed by atoms with Crippen LogP contribution in [0.1, 0.15) is 39.7 Å². The summed E-state index contributed by atoms with van der Waals surface area (Å²) in [6, 6.07) is 11.7. The molecule has 2 aromatic carbocycles. The molecule has 0 aliphatic carbocycles. The molecule has 8 nitrogen and oxygen atoms in total. The van der Waals surface area contributed by atoms with Crippen LogP contribution in [0.5, 0.6) is 17.2 Å². The number of amides is 1. The summed E-state index contributed by atoms with van der Waals surface area (Å²) < 4.78 is 23.3. The van der Waals surface area contributed by atoms with Crippen molar-refractivity contribution in [3.8, 4) is 28.7 Å². The van der Waals surface area contributed by atoms with E-state index in [-0.39, 0.29) is 11.2 Å². The molecule has 0 radical (unpaired) electrons. The van der Waals surface area contributed by atoms with Crippen molar-refractivity contribution in [1.29, 1.82) is 0 Å². The number of carbonyl (C=O) groups excluding carboxylic acids is 1. The summed E-state index contributed by atoms with van der Waals surface area (Å²) in [5.74, 6) is 2.00. The molecule has 1 amide bonds. The summed E-state index contributed by atoms with van der Waals surface area (Å²) in [4.78, 5) is 15.1. The second-order valence-electron chi connectivity index (χ2n) is 7.96. The molecule has 3 aromatic rings. The fourth-order valence-corrected chi connectivity index (χ4v) is 4.82. The van der Waals surface area contributed by atoms with Crippen LogP contribution in [0.2, 0.25) is 0 Å². The van der Waals surface area contributed by atoms with Crippen molar-refractivity contribution in [1.82, 2.24) is 10.2 Å². The van der Waals surface area contributed by atoms with Gasteiger partial charge in [0, 0.05) is 17.8 Å². The quantitative estimate of drug-likeness (QED) is 0.345. The molecule has 0 unspecified atom stereocenters. The highest BCUT2D eigenvalue weighted by Gasteiger charge is 2.28. The molecule has 1 aliphatic heterocycles. The number of rotatable bonds is 10. The molecule has 1 atom stereocenters. The molecular weight excluding hydrogens is 466 g/mol. The number of hydrogen-bond acceptors (Lipinski definition) is 8. The van der Waals surface area contributed by atoms with Crippen LogP contribution in [-0.2, 0) is 11.2 Å². The number of thioether (sulfide) groups is 1. The van der Waals surface area contributed by atoms with E-state index >= 15 is 0 Å². The van der Waals surface area contributed by atoms with Crippen molar-refractivity contribution in [2.24, 2.45) is 0 Å². The number of para-hydroxylation sites is 1. The Morgan fingerprint density at radius 3 is 2.43 bits per heavy atom. The van der Waals surface area contributed by atoms with Gasteiger partial charge in [-0.25, -0.2) is 0 Å². The van der Waals surface area contributed by atoms with Gasteiger partial charge in [0.1, 0.15) is 0 Å². The Bertz CT molecular complexity index is 1140. The van der Waals surface area contributed by atoms with Crippen LogP contribution < -0.4 is 19.1 Å². The van der Waals surface area contributed by atoms with E-state index in [1.54, 1.807) is 12.1 Å². The van der Waals surface area contributed by atoms with E-state index < -0.39 is 0 Å². The van der Waals surface area contributed by atoms with E-state index in [9.17, 15) is 4.79 Å². The van der Waals surface area contributed by atoms with Gasteiger partial charge < -0.3 is 23.5 Å². The summed E-state index contributed by atoms with van der Waals surface area (Å²) >= 11 is 1.26. The van der Waals surface area contributed by atoms with Crippen LogP contribution in [-0.4, -0.2) is 47.7 Å². The Kier molecular flexibility index (Phi) is 8.17. The van der Waals surface area contributed by atoms with Gasteiger partial charge in [-0.3, -0.25) is 4.79 Å². The third-order valence-corrected chi connectivity index (χ3v) is 6.49. The molecule has 0 saturated carbocycles. The molecule has 35 heavy (non-hydrogen) atoms. The molecule has 0 bridgehead atoms. The molecule has 0 spiro atoms.